The van der Waals surface area contributed by atoms with Gasteiger partial charge in [-0.05, 0) is 34.7 Å². The zero-order chi connectivity index (χ0) is 29.0. The average molecular weight is 565 g/mol. The molecule has 0 saturated heterocycles. The van der Waals surface area contributed by atoms with Crippen LogP contribution in [-0.2, 0) is 0 Å². The Morgan fingerprint density at radius 1 is 0.500 bits per heavy atom. The Hall–Kier alpha value is -5.87. The fourth-order valence-corrected chi connectivity index (χ4v) is 6.79. The number of nitrogens with one attached hydrogen (secondary N) is 1. The minimum atomic E-state index is -0.231. The summed E-state index contributed by atoms with van der Waals surface area (Å²) in [4.78, 5) is 5.21. The molecule has 1 aliphatic rings. The van der Waals surface area contributed by atoms with Gasteiger partial charge in [0.15, 0.2) is 0 Å². The van der Waals surface area contributed by atoms with Crippen LogP contribution in [0.15, 0.2) is 163 Å². The van der Waals surface area contributed by atoms with Crippen molar-refractivity contribution in [3.8, 4) is 5.69 Å². The summed E-state index contributed by atoms with van der Waals surface area (Å²) in [6.07, 6.45) is 1.97. The maximum Gasteiger partial charge on any atom is 0.146 e. The van der Waals surface area contributed by atoms with Crippen LogP contribution in [-0.4, -0.2) is 14.8 Å². The first kappa shape index (κ1) is 24.7. The van der Waals surface area contributed by atoms with E-state index in [-0.39, 0.29) is 6.17 Å². The van der Waals surface area contributed by atoms with Gasteiger partial charge in [0, 0.05) is 27.9 Å². The van der Waals surface area contributed by atoms with E-state index in [1.54, 1.807) is 0 Å². The zero-order valence-electron chi connectivity index (χ0n) is 23.9. The molecule has 208 valence electrons. The Labute approximate surface area is 254 Å². The number of nitrogens with zero attached hydrogens (tertiary/aromatic N) is 3. The van der Waals surface area contributed by atoms with Crippen molar-refractivity contribution in [1.29, 1.82) is 0 Å². The van der Waals surface area contributed by atoms with E-state index in [4.69, 9.17) is 4.99 Å². The summed E-state index contributed by atoms with van der Waals surface area (Å²) >= 11 is 0. The Morgan fingerprint density at radius 2 is 1.14 bits per heavy atom. The van der Waals surface area contributed by atoms with Crippen LogP contribution < -0.4 is 5.32 Å². The first-order chi connectivity index (χ1) is 21.8. The minimum Gasteiger partial charge on any atom is -0.346 e. The third-order valence-electron chi connectivity index (χ3n) is 8.72. The molecule has 0 bridgehead atoms. The molecule has 0 aliphatic carbocycles. The van der Waals surface area contributed by atoms with Crippen LogP contribution in [0.3, 0.4) is 0 Å². The van der Waals surface area contributed by atoms with Gasteiger partial charge in [-0.15, -0.1) is 0 Å². The van der Waals surface area contributed by atoms with Gasteiger partial charge in [-0.3, -0.25) is 9.56 Å². The summed E-state index contributed by atoms with van der Waals surface area (Å²) in [5.74, 6) is 0.999. The normalized spacial score (nSPS) is 15.0. The van der Waals surface area contributed by atoms with E-state index in [2.05, 4.69) is 172 Å². The molecule has 4 nitrogen and oxygen atoms in total. The summed E-state index contributed by atoms with van der Waals surface area (Å²) in [6.45, 7) is 0. The van der Waals surface area contributed by atoms with Gasteiger partial charge in [-0.2, -0.15) is 0 Å². The molecule has 1 unspecified atom stereocenters. The largest absolute Gasteiger partial charge is 0.346 e. The number of para-hydroxylation sites is 2. The second-order valence-corrected chi connectivity index (χ2v) is 11.3. The van der Waals surface area contributed by atoms with Crippen LogP contribution in [0.5, 0.6) is 0 Å². The smallest absolute Gasteiger partial charge is 0.146 e. The molecule has 4 heteroatoms. The number of allylic oxidation sites excluding steroid dienone is 1. The minimum absolute atomic E-state index is 0.231. The van der Waals surface area contributed by atoms with Gasteiger partial charge in [-0.1, -0.05) is 133 Å². The lowest BCUT2D eigenvalue weighted by molar-refractivity contribution is 0.646. The zero-order valence-corrected chi connectivity index (χ0v) is 23.9. The molecule has 6 aromatic carbocycles. The Bertz CT molecular complexity index is 2400. The SMILES string of the molecule is C1=C(n2c3ccccc3c3c2c2ccc4ccccc4c2n3-c2ccccc2)NC(c2ccccc2)N=C1c1ccccc1. The average Bonchev–Trinajstić information content (AvgIpc) is 3.62. The Balaban J connectivity index is 1.41. The number of benzene rings is 6. The molecule has 0 saturated carbocycles. The lowest BCUT2D eigenvalue weighted by Gasteiger charge is -2.26. The molecule has 1 aliphatic heterocycles. The van der Waals surface area contributed by atoms with E-state index < -0.39 is 0 Å². The molecule has 1 N–H and O–H groups in total. The third kappa shape index (κ3) is 3.74. The van der Waals surface area contributed by atoms with Crippen LogP contribution in [0, 0.1) is 0 Å². The molecule has 44 heavy (non-hydrogen) atoms. The first-order valence-electron chi connectivity index (χ1n) is 15.0. The summed E-state index contributed by atoms with van der Waals surface area (Å²) < 4.78 is 4.87. The summed E-state index contributed by atoms with van der Waals surface area (Å²) in [5, 5.41) is 8.71. The lowest BCUT2D eigenvalue weighted by atomic mass is 10.1. The second kappa shape index (κ2) is 9.85. The van der Waals surface area contributed by atoms with E-state index in [1.807, 2.05) is 0 Å². The Morgan fingerprint density at radius 3 is 1.93 bits per heavy atom. The van der Waals surface area contributed by atoms with E-state index in [1.165, 1.54) is 38.1 Å². The fraction of sp³-hybridized carbons (Fsp3) is 0.0250. The maximum atomic E-state index is 5.21. The van der Waals surface area contributed by atoms with E-state index in [0.29, 0.717) is 0 Å². The van der Waals surface area contributed by atoms with Gasteiger partial charge >= 0.3 is 0 Å². The third-order valence-corrected chi connectivity index (χ3v) is 8.72. The predicted molar refractivity (Wildman–Crippen MR) is 183 cm³/mol. The van der Waals surface area contributed by atoms with Crippen molar-refractivity contribution in [1.82, 2.24) is 14.5 Å². The molecule has 2 aromatic heterocycles. The monoisotopic (exact) mass is 564 g/mol. The molecular weight excluding hydrogens is 536 g/mol. The molecular formula is C40H28N4. The molecule has 1 atom stereocenters. The van der Waals surface area contributed by atoms with Crippen LogP contribution in [0.25, 0.3) is 55.1 Å². The number of aliphatic imine (C=N–C) groups is 1. The van der Waals surface area contributed by atoms with E-state index in [0.717, 1.165) is 33.9 Å². The van der Waals surface area contributed by atoms with Gasteiger partial charge in [0.1, 0.15) is 12.0 Å². The fourth-order valence-electron chi connectivity index (χ4n) is 6.79. The molecule has 3 heterocycles. The van der Waals surface area contributed by atoms with Crippen molar-refractivity contribution in [2.75, 3.05) is 0 Å². The van der Waals surface area contributed by atoms with Crippen molar-refractivity contribution in [2.24, 2.45) is 4.99 Å². The van der Waals surface area contributed by atoms with Gasteiger partial charge in [0.25, 0.3) is 0 Å². The molecule has 9 rings (SSSR count). The van der Waals surface area contributed by atoms with Crippen LogP contribution in [0.4, 0.5) is 0 Å². The van der Waals surface area contributed by atoms with Crippen molar-refractivity contribution in [2.45, 2.75) is 6.17 Å². The highest BCUT2D eigenvalue weighted by Gasteiger charge is 2.27. The van der Waals surface area contributed by atoms with Gasteiger partial charge in [0.05, 0.1) is 27.8 Å². The number of hydrogen-bond donors (Lipinski definition) is 1. The van der Waals surface area contributed by atoms with Crippen molar-refractivity contribution in [3.63, 3.8) is 0 Å². The van der Waals surface area contributed by atoms with Crippen molar-refractivity contribution >= 4 is 55.1 Å². The number of aromatic nitrogens is 2. The van der Waals surface area contributed by atoms with E-state index in [9.17, 15) is 0 Å². The quantitative estimate of drug-likeness (QED) is 0.227. The molecule has 0 amide bonds. The van der Waals surface area contributed by atoms with E-state index >= 15 is 0 Å². The maximum absolute atomic E-state index is 5.21. The van der Waals surface area contributed by atoms with Gasteiger partial charge < -0.3 is 9.88 Å². The molecule has 8 aromatic rings. The molecule has 0 fully saturated rings. The van der Waals surface area contributed by atoms with Gasteiger partial charge in [0.2, 0.25) is 0 Å². The van der Waals surface area contributed by atoms with Crippen LogP contribution >= 0.6 is 0 Å². The highest BCUT2D eigenvalue weighted by molar-refractivity contribution is 6.25. The highest BCUT2D eigenvalue weighted by Crippen LogP contribution is 2.43. The second-order valence-electron chi connectivity index (χ2n) is 11.3. The van der Waals surface area contributed by atoms with Crippen LogP contribution in [0.1, 0.15) is 17.3 Å². The number of hydrogen-bond acceptors (Lipinski definition) is 2. The summed E-state index contributed by atoms with van der Waals surface area (Å²) in [7, 11) is 0. The van der Waals surface area contributed by atoms with Crippen molar-refractivity contribution in [3.05, 3.63) is 169 Å². The number of rotatable bonds is 4. The van der Waals surface area contributed by atoms with Crippen LogP contribution in [0.2, 0.25) is 0 Å². The molecule has 0 radical (unpaired) electrons. The van der Waals surface area contributed by atoms with Crippen molar-refractivity contribution < 1.29 is 0 Å². The topological polar surface area (TPSA) is 34.2 Å². The standard InChI is InChI=1S/C40H28N4/c1-4-15-28(16-5-1)34-26-36(42-40(41-34)29-17-6-2-7-18-29)44-35-23-13-12-22-32(35)38-39(44)33-25-24-27-14-10-11-21-31(27)37(33)43(38)30-19-8-3-9-20-30/h1-26,40,42H. The number of fused-ring (bicyclic) bond motifs is 7. The molecule has 0 spiro atoms. The highest BCUT2D eigenvalue weighted by atomic mass is 15.2. The predicted octanol–water partition coefficient (Wildman–Crippen LogP) is 9.48. The summed E-state index contributed by atoms with van der Waals surface area (Å²) in [6, 6.07) is 53.7. The lowest BCUT2D eigenvalue weighted by Crippen LogP contribution is -2.27. The van der Waals surface area contributed by atoms with Gasteiger partial charge in [-0.25, -0.2) is 0 Å². The Kier molecular flexibility index (Phi) is 5.53. The summed E-state index contributed by atoms with van der Waals surface area (Å²) in [5.41, 5.74) is 9.05. The first-order valence-corrected chi connectivity index (χ1v) is 15.0.